The fraction of sp³-hybridized carbons (Fsp3) is 0.500. The number of halogens is 1. The van der Waals surface area contributed by atoms with Crippen molar-refractivity contribution >= 4 is 35.8 Å². The van der Waals surface area contributed by atoms with Crippen LogP contribution in [-0.4, -0.2) is 49.3 Å². The van der Waals surface area contributed by atoms with E-state index >= 15 is 0 Å². The van der Waals surface area contributed by atoms with Crippen LogP contribution in [0.5, 0.6) is 11.5 Å². The molecule has 2 N–H and O–H groups in total. The Balaban J connectivity index is 0.00000288. The van der Waals surface area contributed by atoms with Crippen LogP contribution in [0.25, 0.3) is 0 Å². The van der Waals surface area contributed by atoms with Gasteiger partial charge in [-0.1, -0.05) is 0 Å². The first-order valence-corrected chi connectivity index (χ1v) is 8.20. The molecular weight excluding hydrogens is 358 g/mol. The predicted octanol–water partition coefficient (Wildman–Crippen LogP) is 1.35. The number of nitro groups is 1. The molecule has 2 rings (SSSR count). The van der Waals surface area contributed by atoms with Gasteiger partial charge >= 0.3 is 0 Å². The number of nitrogens with zero attached hydrogens (tertiary/aromatic N) is 1. The third-order valence-electron chi connectivity index (χ3n) is 3.51. The van der Waals surface area contributed by atoms with Gasteiger partial charge in [-0.3, -0.25) is 20.2 Å². The number of rotatable bonds is 7. The van der Waals surface area contributed by atoms with E-state index < -0.39 is 4.92 Å². The van der Waals surface area contributed by atoms with Gasteiger partial charge in [0.15, 0.2) is 11.5 Å². The summed E-state index contributed by atoms with van der Waals surface area (Å²) in [4.78, 5) is 22.7. The molecule has 1 atom stereocenters. The van der Waals surface area contributed by atoms with Gasteiger partial charge in [0.05, 0.1) is 31.3 Å². The van der Waals surface area contributed by atoms with Gasteiger partial charge in [0, 0.05) is 23.7 Å². The van der Waals surface area contributed by atoms with Gasteiger partial charge < -0.3 is 14.8 Å². The summed E-state index contributed by atoms with van der Waals surface area (Å²) in [6.07, 6.45) is 0.336. The number of thioether (sulfide) groups is 1. The molecule has 0 spiro atoms. The molecular formula is C14H20ClN3O5S. The van der Waals surface area contributed by atoms with E-state index in [0.717, 1.165) is 11.6 Å². The van der Waals surface area contributed by atoms with E-state index in [0.29, 0.717) is 30.0 Å². The number of amides is 1. The Kier molecular flexibility index (Phi) is 8.09. The normalized spacial score (nSPS) is 16.2. The van der Waals surface area contributed by atoms with Crippen molar-refractivity contribution in [1.29, 1.82) is 0 Å². The monoisotopic (exact) mass is 377 g/mol. The Morgan fingerprint density at radius 2 is 2.08 bits per heavy atom. The summed E-state index contributed by atoms with van der Waals surface area (Å²) in [6.45, 7) is 0.317. The molecule has 10 heteroatoms. The van der Waals surface area contributed by atoms with Crippen LogP contribution in [0.1, 0.15) is 5.56 Å². The van der Waals surface area contributed by atoms with Crippen LogP contribution in [0.3, 0.4) is 0 Å². The molecule has 1 fully saturated rings. The lowest BCUT2D eigenvalue weighted by Gasteiger charge is -2.12. The van der Waals surface area contributed by atoms with Crippen molar-refractivity contribution < 1.29 is 19.2 Å². The maximum Gasteiger partial charge on any atom is 0.276 e. The summed E-state index contributed by atoms with van der Waals surface area (Å²) in [5.41, 5.74) is 0.438. The molecule has 0 bridgehead atoms. The van der Waals surface area contributed by atoms with Gasteiger partial charge in [-0.05, 0) is 12.5 Å². The van der Waals surface area contributed by atoms with Gasteiger partial charge in [-0.2, -0.15) is 0 Å². The lowest BCUT2D eigenvalue weighted by atomic mass is 10.1. The molecule has 1 saturated heterocycles. The minimum Gasteiger partial charge on any atom is -0.493 e. The van der Waals surface area contributed by atoms with E-state index in [-0.39, 0.29) is 30.0 Å². The highest BCUT2D eigenvalue weighted by Gasteiger charge is 2.23. The van der Waals surface area contributed by atoms with Gasteiger partial charge in [-0.25, -0.2) is 0 Å². The maximum atomic E-state index is 11.9. The SMILES string of the molecule is COc1cc(CCNC(=O)C2CSCN2)c([N+](=O)[O-])cc1OC.Cl. The first-order chi connectivity index (χ1) is 11.1. The Hall–Kier alpha value is -1.71. The van der Waals surface area contributed by atoms with Crippen LogP contribution in [0, 0.1) is 10.1 Å². The van der Waals surface area contributed by atoms with Gasteiger partial charge in [0.1, 0.15) is 0 Å². The topological polar surface area (TPSA) is 103 Å². The molecule has 0 radical (unpaired) electrons. The summed E-state index contributed by atoms with van der Waals surface area (Å²) in [5, 5.41) is 17.1. The van der Waals surface area contributed by atoms with Crippen LogP contribution in [0.15, 0.2) is 12.1 Å². The summed E-state index contributed by atoms with van der Waals surface area (Å²) < 4.78 is 10.3. The van der Waals surface area contributed by atoms with Crippen LogP contribution in [-0.2, 0) is 11.2 Å². The summed E-state index contributed by atoms with van der Waals surface area (Å²) in [5.74, 6) is 2.15. The van der Waals surface area contributed by atoms with E-state index in [1.807, 2.05) is 0 Å². The standard InChI is InChI=1S/C14H19N3O5S.ClH/c1-21-12-5-9(11(17(19)20)6-13(12)22-2)3-4-15-14(18)10-7-23-8-16-10;/h5-6,10,16H,3-4,7-8H2,1-2H3,(H,15,18);1H. The zero-order valence-corrected chi connectivity index (χ0v) is 15.0. The molecule has 1 amide bonds. The molecule has 1 aliphatic rings. The fourth-order valence-electron chi connectivity index (χ4n) is 2.29. The largest absolute Gasteiger partial charge is 0.493 e. The van der Waals surface area contributed by atoms with E-state index in [2.05, 4.69) is 10.6 Å². The molecule has 24 heavy (non-hydrogen) atoms. The van der Waals surface area contributed by atoms with Crippen molar-refractivity contribution in [2.75, 3.05) is 32.4 Å². The number of nitrogens with one attached hydrogen (secondary N) is 2. The first kappa shape index (κ1) is 20.3. The van der Waals surface area contributed by atoms with Gasteiger partial charge in [0.25, 0.3) is 5.69 Å². The average molecular weight is 378 g/mol. The molecule has 0 aromatic heterocycles. The number of nitro benzene ring substituents is 1. The smallest absolute Gasteiger partial charge is 0.276 e. The highest BCUT2D eigenvalue weighted by Crippen LogP contribution is 2.34. The van der Waals surface area contributed by atoms with Crippen LogP contribution in [0.4, 0.5) is 5.69 Å². The second-order valence-electron chi connectivity index (χ2n) is 4.91. The minimum absolute atomic E-state index is 0. The van der Waals surface area contributed by atoms with Crippen molar-refractivity contribution in [2.24, 2.45) is 0 Å². The Morgan fingerprint density at radius 3 is 2.62 bits per heavy atom. The van der Waals surface area contributed by atoms with Crippen LogP contribution < -0.4 is 20.1 Å². The number of methoxy groups -OCH3 is 2. The van der Waals surface area contributed by atoms with Crippen molar-refractivity contribution in [3.8, 4) is 11.5 Å². The summed E-state index contributed by atoms with van der Waals surface area (Å²) >= 11 is 1.66. The van der Waals surface area contributed by atoms with Crippen molar-refractivity contribution in [1.82, 2.24) is 10.6 Å². The summed E-state index contributed by atoms with van der Waals surface area (Å²) in [6, 6.07) is 2.72. The van der Waals surface area contributed by atoms with Crippen molar-refractivity contribution in [3.63, 3.8) is 0 Å². The zero-order valence-electron chi connectivity index (χ0n) is 13.4. The Bertz CT molecular complexity index is 596. The number of benzene rings is 1. The number of ether oxygens (including phenoxy) is 2. The lowest BCUT2D eigenvalue weighted by Crippen LogP contribution is -2.42. The molecule has 134 valence electrons. The third-order valence-corrected chi connectivity index (χ3v) is 4.45. The Morgan fingerprint density at radius 1 is 1.42 bits per heavy atom. The zero-order chi connectivity index (χ0) is 16.8. The molecule has 8 nitrogen and oxygen atoms in total. The molecule has 0 aliphatic carbocycles. The van der Waals surface area contributed by atoms with Gasteiger partial charge in [0.2, 0.25) is 5.91 Å². The van der Waals surface area contributed by atoms with E-state index in [1.54, 1.807) is 17.8 Å². The minimum atomic E-state index is -0.464. The lowest BCUT2D eigenvalue weighted by molar-refractivity contribution is -0.385. The van der Waals surface area contributed by atoms with Crippen LogP contribution >= 0.6 is 24.2 Å². The highest BCUT2D eigenvalue weighted by atomic mass is 35.5. The number of carbonyl (C=O) groups excluding carboxylic acids is 1. The number of hydrogen-bond acceptors (Lipinski definition) is 7. The Labute approximate surface area is 150 Å². The first-order valence-electron chi connectivity index (χ1n) is 7.05. The quantitative estimate of drug-likeness (QED) is 0.546. The number of carbonyl (C=O) groups is 1. The van der Waals surface area contributed by atoms with E-state index in [1.165, 1.54) is 20.3 Å². The van der Waals surface area contributed by atoms with Crippen molar-refractivity contribution in [2.45, 2.75) is 12.5 Å². The predicted molar refractivity (Wildman–Crippen MR) is 94.4 cm³/mol. The van der Waals surface area contributed by atoms with E-state index in [4.69, 9.17) is 9.47 Å². The highest BCUT2D eigenvalue weighted by molar-refractivity contribution is 7.99. The molecule has 1 aliphatic heterocycles. The number of hydrogen-bond donors (Lipinski definition) is 2. The fourth-order valence-corrected chi connectivity index (χ4v) is 3.23. The second kappa shape index (κ2) is 9.55. The second-order valence-corrected chi connectivity index (χ2v) is 5.94. The summed E-state index contributed by atoms with van der Waals surface area (Å²) in [7, 11) is 2.90. The molecule has 1 aromatic carbocycles. The molecule has 1 heterocycles. The molecule has 1 aromatic rings. The third kappa shape index (κ3) is 4.89. The average Bonchev–Trinajstić information content (AvgIpc) is 3.08. The van der Waals surface area contributed by atoms with Crippen LogP contribution in [0.2, 0.25) is 0 Å². The molecule has 0 saturated carbocycles. The maximum absolute atomic E-state index is 11.9. The molecule has 1 unspecified atom stereocenters. The van der Waals surface area contributed by atoms with Crippen molar-refractivity contribution in [3.05, 3.63) is 27.8 Å². The van der Waals surface area contributed by atoms with E-state index in [9.17, 15) is 14.9 Å². The van der Waals surface area contributed by atoms with Gasteiger partial charge in [-0.15, -0.1) is 24.2 Å².